The highest BCUT2D eigenvalue weighted by Gasteiger charge is 2.15. The van der Waals surface area contributed by atoms with Crippen molar-refractivity contribution in [2.45, 2.75) is 19.9 Å². The maximum absolute atomic E-state index is 13.0. The van der Waals surface area contributed by atoms with Crippen molar-refractivity contribution in [1.82, 2.24) is 5.16 Å². The molecule has 0 fully saturated rings. The van der Waals surface area contributed by atoms with E-state index >= 15 is 0 Å². The number of hydrogen-bond acceptors (Lipinski definition) is 4. The minimum Gasteiger partial charge on any atom is -0.374 e. The molecule has 1 amide bonds. The Morgan fingerprint density at radius 3 is 2.65 bits per heavy atom. The van der Waals surface area contributed by atoms with Crippen LogP contribution in [0.25, 0.3) is 0 Å². The van der Waals surface area contributed by atoms with Crippen molar-refractivity contribution in [1.29, 1.82) is 0 Å². The topological polar surface area (TPSA) is 67.2 Å². The third kappa shape index (κ3) is 3.31. The van der Waals surface area contributed by atoms with Gasteiger partial charge in [0.15, 0.2) is 11.6 Å². The summed E-state index contributed by atoms with van der Waals surface area (Å²) in [6, 6.07) is 4.23. The highest BCUT2D eigenvalue weighted by atomic mass is 19.2. The number of benzene rings is 1. The van der Waals surface area contributed by atoms with Crippen molar-refractivity contribution in [2.24, 2.45) is 0 Å². The Hall–Kier alpha value is -2.44. The van der Waals surface area contributed by atoms with Crippen LogP contribution < -0.4 is 10.6 Å². The first-order valence-corrected chi connectivity index (χ1v) is 5.91. The number of nitrogens with zero attached hydrogens (tertiary/aromatic N) is 1. The van der Waals surface area contributed by atoms with E-state index in [1.807, 2.05) is 0 Å². The van der Waals surface area contributed by atoms with E-state index < -0.39 is 17.7 Å². The zero-order valence-electron chi connectivity index (χ0n) is 10.9. The van der Waals surface area contributed by atoms with Crippen molar-refractivity contribution < 1.29 is 18.1 Å². The molecule has 0 saturated carbocycles. The maximum atomic E-state index is 13.0. The molecule has 0 bridgehead atoms. The number of amides is 1. The van der Waals surface area contributed by atoms with E-state index in [0.29, 0.717) is 11.4 Å². The minimum atomic E-state index is -0.978. The normalized spacial score (nSPS) is 12.0. The Bertz CT molecular complexity index is 628. The smallest absolute Gasteiger partial charge is 0.248 e. The molecule has 2 rings (SSSR count). The summed E-state index contributed by atoms with van der Waals surface area (Å²) in [7, 11) is 0. The summed E-state index contributed by atoms with van der Waals surface area (Å²) in [5, 5.41) is 8.90. The lowest BCUT2D eigenvalue weighted by atomic mass is 10.2. The second kappa shape index (κ2) is 5.68. The summed E-state index contributed by atoms with van der Waals surface area (Å²) in [4.78, 5) is 11.8. The molecule has 1 atom stereocenters. The van der Waals surface area contributed by atoms with Gasteiger partial charge in [0.2, 0.25) is 11.8 Å². The van der Waals surface area contributed by atoms with Crippen LogP contribution in [0.15, 0.2) is 28.8 Å². The third-order valence-electron chi connectivity index (χ3n) is 2.57. The Morgan fingerprint density at radius 1 is 1.30 bits per heavy atom. The van der Waals surface area contributed by atoms with Crippen LogP contribution in [-0.2, 0) is 4.79 Å². The SMILES string of the molecule is Cc1cc(NC(=O)[C@@H](C)Nc2ccc(F)c(F)c2)on1. The molecule has 1 heterocycles. The first kappa shape index (κ1) is 14.0. The van der Waals surface area contributed by atoms with Gasteiger partial charge in [-0.05, 0) is 26.0 Å². The van der Waals surface area contributed by atoms with Gasteiger partial charge in [0.25, 0.3) is 0 Å². The molecular weight excluding hydrogens is 268 g/mol. The van der Waals surface area contributed by atoms with Crippen molar-refractivity contribution in [3.05, 3.63) is 41.6 Å². The van der Waals surface area contributed by atoms with Crippen LogP contribution in [0.3, 0.4) is 0 Å². The van der Waals surface area contributed by atoms with Crippen molar-refractivity contribution >= 4 is 17.5 Å². The summed E-state index contributed by atoms with van der Waals surface area (Å²) >= 11 is 0. The number of carbonyl (C=O) groups excluding carboxylic acids is 1. The average molecular weight is 281 g/mol. The van der Waals surface area contributed by atoms with Gasteiger partial charge in [-0.1, -0.05) is 5.16 Å². The molecule has 0 aliphatic heterocycles. The number of carbonyl (C=O) groups is 1. The summed E-state index contributed by atoms with van der Waals surface area (Å²) in [5.74, 6) is -2.07. The van der Waals surface area contributed by atoms with E-state index in [-0.39, 0.29) is 11.8 Å². The molecule has 0 unspecified atom stereocenters. The standard InChI is InChI=1S/C13H13F2N3O2/c1-7-5-12(20-18-7)17-13(19)8(2)16-9-3-4-10(14)11(15)6-9/h3-6,8,16H,1-2H3,(H,17,19)/t8-/m1/s1. The van der Waals surface area contributed by atoms with Gasteiger partial charge >= 0.3 is 0 Å². The Kier molecular flexibility index (Phi) is 3.97. The van der Waals surface area contributed by atoms with E-state index in [0.717, 1.165) is 12.1 Å². The summed E-state index contributed by atoms with van der Waals surface area (Å²) in [6.07, 6.45) is 0. The van der Waals surface area contributed by atoms with E-state index in [4.69, 9.17) is 4.52 Å². The number of rotatable bonds is 4. The molecule has 7 heteroatoms. The predicted molar refractivity (Wildman–Crippen MR) is 69.3 cm³/mol. The fourth-order valence-corrected chi connectivity index (χ4v) is 1.55. The lowest BCUT2D eigenvalue weighted by Gasteiger charge is -2.14. The van der Waals surface area contributed by atoms with E-state index in [9.17, 15) is 13.6 Å². The first-order chi connectivity index (χ1) is 9.45. The van der Waals surface area contributed by atoms with Crippen molar-refractivity contribution in [3.8, 4) is 0 Å². The van der Waals surface area contributed by atoms with Gasteiger partial charge in [0, 0.05) is 17.8 Å². The second-order valence-corrected chi connectivity index (χ2v) is 4.32. The molecule has 0 aliphatic rings. The Morgan fingerprint density at radius 2 is 2.05 bits per heavy atom. The fourth-order valence-electron chi connectivity index (χ4n) is 1.55. The van der Waals surface area contributed by atoms with Gasteiger partial charge in [-0.15, -0.1) is 0 Å². The van der Waals surface area contributed by atoms with Gasteiger partial charge in [0.05, 0.1) is 5.69 Å². The Labute approximate surface area is 114 Å². The molecule has 0 aliphatic carbocycles. The van der Waals surface area contributed by atoms with Crippen molar-refractivity contribution in [2.75, 3.05) is 10.6 Å². The summed E-state index contributed by atoms with van der Waals surface area (Å²) in [5.41, 5.74) is 0.946. The first-order valence-electron chi connectivity index (χ1n) is 5.91. The van der Waals surface area contributed by atoms with Crippen LogP contribution >= 0.6 is 0 Å². The monoisotopic (exact) mass is 281 g/mol. The summed E-state index contributed by atoms with van der Waals surface area (Å²) < 4.78 is 30.7. The number of anilines is 2. The molecule has 5 nitrogen and oxygen atoms in total. The van der Waals surface area contributed by atoms with Gasteiger partial charge in [-0.2, -0.15) is 0 Å². The van der Waals surface area contributed by atoms with Crippen LogP contribution in [0.4, 0.5) is 20.4 Å². The van der Waals surface area contributed by atoms with Crippen LogP contribution in [0.1, 0.15) is 12.6 Å². The molecule has 0 radical (unpaired) electrons. The van der Waals surface area contributed by atoms with Crippen LogP contribution in [0.5, 0.6) is 0 Å². The molecule has 0 saturated heterocycles. The van der Waals surface area contributed by atoms with Gasteiger partial charge < -0.3 is 9.84 Å². The lowest BCUT2D eigenvalue weighted by molar-refractivity contribution is -0.116. The molecular formula is C13H13F2N3O2. The number of halogens is 2. The number of hydrogen-bond donors (Lipinski definition) is 2. The van der Waals surface area contributed by atoms with Gasteiger partial charge in [-0.3, -0.25) is 10.1 Å². The van der Waals surface area contributed by atoms with Crippen LogP contribution in [0, 0.1) is 18.6 Å². The van der Waals surface area contributed by atoms with Crippen LogP contribution in [-0.4, -0.2) is 17.1 Å². The Balaban J connectivity index is 1.98. The van der Waals surface area contributed by atoms with E-state index in [1.54, 1.807) is 19.9 Å². The van der Waals surface area contributed by atoms with Gasteiger partial charge in [-0.25, -0.2) is 8.78 Å². The van der Waals surface area contributed by atoms with E-state index in [2.05, 4.69) is 15.8 Å². The second-order valence-electron chi connectivity index (χ2n) is 4.32. The van der Waals surface area contributed by atoms with Crippen molar-refractivity contribution in [3.63, 3.8) is 0 Å². The molecule has 106 valence electrons. The number of aryl methyl sites for hydroxylation is 1. The quantitative estimate of drug-likeness (QED) is 0.904. The molecule has 0 spiro atoms. The average Bonchev–Trinajstić information content (AvgIpc) is 2.79. The van der Waals surface area contributed by atoms with E-state index in [1.165, 1.54) is 6.07 Å². The highest BCUT2D eigenvalue weighted by Crippen LogP contribution is 2.15. The molecule has 20 heavy (non-hydrogen) atoms. The van der Waals surface area contributed by atoms with Crippen LogP contribution in [0.2, 0.25) is 0 Å². The minimum absolute atomic E-state index is 0.228. The molecule has 2 aromatic rings. The maximum Gasteiger partial charge on any atom is 0.248 e. The molecule has 2 N–H and O–H groups in total. The zero-order chi connectivity index (χ0) is 14.7. The number of nitrogens with one attached hydrogen (secondary N) is 2. The molecule has 1 aromatic heterocycles. The largest absolute Gasteiger partial charge is 0.374 e. The predicted octanol–water partition coefficient (Wildman–Crippen LogP) is 2.70. The third-order valence-corrected chi connectivity index (χ3v) is 2.57. The van der Waals surface area contributed by atoms with Gasteiger partial charge in [0.1, 0.15) is 6.04 Å². The fraction of sp³-hybridized carbons (Fsp3) is 0.231. The zero-order valence-corrected chi connectivity index (χ0v) is 10.9. The number of aromatic nitrogens is 1. The summed E-state index contributed by atoms with van der Waals surface area (Å²) in [6.45, 7) is 3.31. The highest BCUT2D eigenvalue weighted by molar-refractivity contribution is 5.95. The lowest BCUT2D eigenvalue weighted by Crippen LogP contribution is -2.31. The molecule has 1 aromatic carbocycles.